The summed E-state index contributed by atoms with van der Waals surface area (Å²) in [6, 6.07) is 6.80. The van der Waals surface area contributed by atoms with Crippen molar-refractivity contribution in [2.75, 3.05) is 13.1 Å². The van der Waals surface area contributed by atoms with Crippen molar-refractivity contribution in [1.82, 2.24) is 4.90 Å². The molecule has 26 heavy (non-hydrogen) atoms. The molecule has 1 saturated carbocycles. The zero-order chi connectivity index (χ0) is 18.0. The molecule has 1 heterocycles. The van der Waals surface area contributed by atoms with Crippen LogP contribution in [-0.4, -0.2) is 40.7 Å². The van der Waals surface area contributed by atoms with E-state index in [1.807, 2.05) is 6.07 Å². The van der Waals surface area contributed by atoms with Gasteiger partial charge in [0.15, 0.2) is 0 Å². The summed E-state index contributed by atoms with van der Waals surface area (Å²) in [5, 5.41) is 9.94. The normalized spacial score (nSPS) is 24.0. The molecule has 1 saturated heterocycles. The Kier molecular flexibility index (Phi) is 5.21. The minimum absolute atomic E-state index is 0.579. The first-order chi connectivity index (χ1) is 12.7. The maximum Gasteiger partial charge on any atom is 0.348 e. The molecule has 1 aliphatic heterocycles. The first-order valence-corrected chi connectivity index (χ1v) is 10.4. The summed E-state index contributed by atoms with van der Waals surface area (Å²) in [6.45, 7) is 1.67. The lowest BCUT2D eigenvalue weighted by molar-refractivity contribution is -0.160. The lowest BCUT2D eigenvalue weighted by Crippen LogP contribution is -2.55. The van der Waals surface area contributed by atoms with Crippen molar-refractivity contribution in [2.24, 2.45) is 0 Å². The number of benzene rings is 1. The molecule has 2 fully saturated rings. The van der Waals surface area contributed by atoms with Crippen molar-refractivity contribution >= 4 is 5.97 Å². The van der Waals surface area contributed by atoms with Crippen molar-refractivity contribution in [3.05, 3.63) is 29.3 Å². The lowest BCUT2D eigenvalue weighted by Gasteiger charge is -2.42. The van der Waals surface area contributed by atoms with Crippen LogP contribution in [-0.2, 0) is 17.6 Å². The van der Waals surface area contributed by atoms with Gasteiger partial charge in [-0.15, -0.1) is 0 Å². The first kappa shape index (κ1) is 17.8. The molecule has 0 radical (unpaired) electrons. The van der Waals surface area contributed by atoms with Crippen LogP contribution in [0.5, 0.6) is 5.75 Å². The molecule has 0 bridgehead atoms. The molecule has 0 atom stereocenters. The Labute approximate surface area is 156 Å². The van der Waals surface area contributed by atoms with Gasteiger partial charge in [0.05, 0.1) is 0 Å². The predicted octanol–water partition coefficient (Wildman–Crippen LogP) is 4.20. The minimum atomic E-state index is -1.06. The average molecular weight is 357 g/mol. The number of ether oxygens (including phenoxy) is 1. The molecule has 0 amide bonds. The summed E-state index contributed by atoms with van der Waals surface area (Å²) < 4.78 is 6.16. The molecule has 0 aromatic heterocycles. The standard InChI is InChI=1S/C22H31NO3/c24-21(25)22(26-20-11-10-17-6-5-7-18(17)16-20)12-14-23(15-13-22)19-8-3-1-2-4-9-19/h10-11,16,19H,1-9,12-15H2,(H,24,25). The quantitative estimate of drug-likeness (QED) is 0.821. The Hall–Kier alpha value is -1.55. The number of piperidine rings is 1. The zero-order valence-electron chi connectivity index (χ0n) is 15.7. The van der Waals surface area contributed by atoms with E-state index in [-0.39, 0.29) is 0 Å². The number of rotatable bonds is 4. The molecule has 1 aromatic carbocycles. The number of aliphatic carboxylic acids is 1. The summed E-state index contributed by atoms with van der Waals surface area (Å²) in [5.41, 5.74) is 1.66. The SMILES string of the molecule is O=C(O)C1(Oc2ccc3c(c2)CCC3)CCN(C2CCCCCC2)CC1. The van der Waals surface area contributed by atoms with Gasteiger partial charge in [0.1, 0.15) is 5.75 Å². The molecule has 3 aliphatic rings. The topological polar surface area (TPSA) is 49.8 Å². The third-order valence-corrected chi connectivity index (χ3v) is 6.72. The highest BCUT2D eigenvalue weighted by atomic mass is 16.5. The van der Waals surface area contributed by atoms with Crippen molar-refractivity contribution in [3.8, 4) is 5.75 Å². The monoisotopic (exact) mass is 357 g/mol. The van der Waals surface area contributed by atoms with Crippen LogP contribution in [0.4, 0.5) is 0 Å². The summed E-state index contributed by atoms with van der Waals surface area (Å²) in [7, 11) is 0. The van der Waals surface area contributed by atoms with Gasteiger partial charge in [-0.1, -0.05) is 31.7 Å². The van der Waals surface area contributed by atoms with Crippen LogP contribution in [0.1, 0.15) is 68.9 Å². The van der Waals surface area contributed by atoms with E-state index in [1.165, 1.54) is 56.1 Å². The molecule has 0 unspecified atom stereocenters. The fraction of sp³-hybridized carbons (Fsp3) is 0.682. The Bertz CT molecular complexity index is 641. The predicted molar refractivity (Wildman–Crippen MR) is 102 cm³/mol. The van der Waals surface area contributed by atoms with E-state index >= 15 is 0 Å². The number of likely N-dealkylation sites (tertiary alicyclic amines) is 1. The van der Waals surface area contributed by atoms with E-state index in [9.17, 15) is 9.90 Å². The highest BCUT2D eigenvalue weighted by Crippen LogP contribution is 2.34. The maximum absolute atomic E-state index is 12.1. The second kappa shape index (κ2) is 7.59. The molecule has 142 valence electrons. The minimum Gasteiger partial charge on any atom is -0.478 e. The van der Waals surface area contributed by atoms with E-state index < -0.39 is 11.6 Å². The number of hydrogen-bond donors (Lipinski definition) is 1. The number of carbonyl (C=O) groups is 1. The molecule has 4 nitrogen and oxygen atoms in total. The number of carboxylic acid groups (broad SMARTS) is 1. The van der Waals surface area contributed by atoms with Gasteiger partial charge in [0.25, 0.3) is 0 Å². The van der Waals surface area contributed by atoms with Gasteiger partial charge in [-0.3, -0.25) is 0 Å². The van der Waals surface area contributed by atoms with Gasteiger partial charge in [-0.2, -0.15) is 0 Å². The highest BCUT2D eigenvalue weighted by molar-refractivity contribution is 5.78. The lowest BCUT2D eigenvalue weighted by atomic mass is 9.89. The molecule has 2 aliphatic carbocycles. The zero-order valence-corrected chi connectivity index (χ0v) is 15.7. The summed E-state index contributed by atoms with van der Waals surface area (Å²) in [6.07, 6.45) is 12.4. The van der Waals surface area contributed by atoms with Crippen LogP contribution < -0.4 is 4.74 Å². The van der Waals surface area contributed by atoms with E-state index in [0.29, 0.717) is 18.9 Å². The number of nitrogens with zero attached hydrogens (tertiary/aromatic N) is 1. The van der Waals surface area contributed by atoms with Crippen LogP contribution in [0.25, 0.3) is 0 Å². The van der Waals surface area contributed by atoms with E-state index in [4.69, 9.17) is 4.74 Å². The maximum atomic E-state index is 12.1. The van der Waals surface area contributed by atoms with Gasteiger partial charge in [0, 0.05) is 32.0 Å². The molecule has 4 rings (SSSR count). The van der Waals surface area contributed by atoms with E-state index in [2.05, 4.69) is 17.0 Å². The largest absolute Gasteiger partial charge is 0.478 e. The van der Waals surface area contributed by atoms with E-state index in [1.54, 1.807) is 0 Å². The number of carboxylic acids is 1. The van der Waals surface area contributed by atoms with Crippen molar-refractivity contribution in [2.45, 2.75) is 82.3 Å². The Morgan fingerprint density at radius 2 is 1.69 bits per heavy atom. The second-order valence-corrected chi connectivity index (χ2v) is 8.37. The third-order valence-electron chi connectivity index (χ3n) is 6.72. The van der Waals surface area contributed by atoms with Crippen molar-refractivity contribution < 1.29 is 14.6 Å². The summed E-state index contributed by atoms with van der Waals surface area (Å²) in [5.74, 6) is -0.0746. The molecule has 4 heteroatoms. The van der Waals surface area contributed by atoms with Crippen LogP contribution in [0.15, 0.2) is 18.2 Å². The second-order valence-electron chi connectivity index (χ2n) is 8.37. The number of fused-ring (bicyclic) bond motifs is 1. The Morgan fingerprint density at radius 1 is 1.00 bits per heavy atom. The van der Waals surface area contributed by atoms with Gasteiger partial charge >= 0.3 is 5.97 Å². The van der Waals surface area contributed by atoms with Gasteiger partial charge in [-0.05, 0) is 55.4 Å². The fourth-order valence-electron chi connectivity index (χ4n) is 5.07. The van der Waals surface area contributed by atoms with Crippen molar-refractivity contribution in [3.63, 3.8) is 0 Å². The molecule has 0 spiro atoms. The third kappa shape index (κ3) is 3.62. The smallest absolute Gasteiger partial charge is 0.348 e. The molecule has 1 N–H and O–H groups in total. The van der Waals surface area contributed by atoms with Gasteiger partial charge < -0.3 is 14.7 Å². The van der Waals surface area contributed by atoms with Crippen LogP contribution in [0, 0.1) is 0 Å². The molecular formula is C22H31NO3. The summed E-state index contributed by atoms with van der Waals surface area (Å²) in [4.78, 5) is 14.6. The van der Waals surface area contributed by atoms with Crippen LogP contribution in [0.2, 0.25) is 0 Å². The summed E-state index contributed by atoms with van der Waals surface area (Å²) >= 11 is 0. The average Bonchev–Trinajstić information content (AvgIpc) is 2.94. The number of hydrogen-bond acceptors (Lipinski definition) is 3. The van der Waals surface area contributed by atoms with Gasteiger partial charge in [0.2, 0.25) is 5.60 Å². The van der Waals surface area contributed by atoms with Gasteiger partial charge in [-0.25, -0.2) is 4.79 Å². The van der Waals surface area contributed by atoms with E-state index in [0.717, 1.165) is 31.7 Å². The number of aryl methyl sites for hydroxylation is 2. The Balaban J connectivity index is 1.44. The van der Waals surface area contributed by atoms with Crippen LogP contribution in [0.3, 0.4) is 0 Å². The fourth-order valence-corrected chi connectivity index (χ4v) is 5.07. The van der Waals surface area contributed by atoms with Crippen LogP contribution >= 0.6 is 0 Å². The first-order valence-electron chi connectivity index (χ1n) is 10.4. The molecular weight excluding hydrogens is 326 g/mol. The van der Waals surface area contributed by atoms with Crippen molar-refractivity contribution in [1.29, 1.82) is 0 Å². The Morgan fingerprint density at radius 3 is 2.38 bits per heavy atom. The molecule has 1 aromatic rings. The highest BCUT2D eigenvalue weighted by Gasteiger charge is 2.45.